The van der Waals surface area contributed by atoms with Crippen molar-refractivity contribution < 1.29 is 13.9 Å². The van der Waals surface area contributed by atoms with E-state index in [9.17, 15) is 4.79 Å². The highest BCUT2D eigenvalue weighted by molar-refractivity contribution is 5.91. The minimum Gasteiger partial charge on any atom is -0.465 e. The van der Waals surface area contributed by atoms with Crippen LogP contribution in [0, 0.1) is 6.92 Å². The first-order valence-electron chi connectivity index (χ1n) is 8.90. The Morgan fingerprint density at radius 1 is 0.926 bits per heavy atom. The van der Waals surface area contributed by atoms with Gasteiger partial charge in [0.15, 0.2) is 0 Å². The molecule has 0 saturated heterocycles. The second kappa shape index (κ2) is 7.12. The lowest BCUT2D eigenvalue weighted by Gasteiger charge is -2.05. The summed E-state index contributed by atoms with van der Waals surface area (Å²) in [4.78, 5) is 11.7. The number of benzene rings is 3. The van der Waals surface area contributed by atoms with Crippen molar-refractivity contribution in [3.63, 3.8) is 0 Å². The molecule has 0 aliphatic heterocycles. The summed E-state index contributed by atoms with van der Waals surface area (Å²) in [5.74, 6) is 0.468. The zero-order chi connectivity index (χ0) is 18.8. The summed E-state index contributed by atoms with van der Waals surface area (Å²) >= 11 is 0. The Morgan fingerprint density at radius 2 is 1.74 bits per heavy atom. The first kappa shape index (κ1) is 17.1. The quantitative estimate of drug-likeness (QED) is 0.435. The van der Waals surface area contributed by atoms with Crippen molar-refractivity contribution in [3.8, 4) is 11.3 Å². The average molecular weight is 356 g/mol. The Hall–Kier alpha value is -3.33. The molecule has 1 aromatic heterocycles. The summed E-state index contributed by atoms with van der Waals surface area (Å²) in [6, 6.07) is 24.3. The molecule has 0 bridgehead atoms. The number of carbonyl (C=O) groups is 1. The van der Waals surface area contributed by atoms with Gasteiger partial charge >= 0.3 is 5.97 Å². The van der Waals surface area contributed by atoms with Gasteiger partial charge in [-0.05, 0) is 60.4 Å². The van der Waals surface area contributed by atoms with Gasteiger partial charge in [-0.3, -0.25) is 0 Å². The van der Waals surface area contributed by atoms with E-state index in [4.69, 9.17) is 9.15 Å². The van der Waals surface area contributed by atoms with E-state index < -0.39 is 0 Å². The van der Waals surface area contributed by atoms with Crippen molar-refractivity contribution >= 4 is 16.9 Å². The van der Waals surface area contributed by atoms with Crippen molar-refractivity contribution in [2.45, 2.75) is 13.3 Å². The monoisotopic (exact) mass is 356 g/mol. The molecule has 0 unspecified atom stereocenters. The summed E-state index contributed by atoms with van der Waals surface area (Å²) in [6.45, 7) is 1.97. The lowest BCUT2D eigenvalue weighted by molar-refractivity contribution is 0.0600. The van der Waals surface area contributed by atoms with Gasteiger partial charge in [0.1, 0.15) is 11.3 Å². The highest BCUT2D eigenvalue weighted by Gasteiger charge is 2.12. The fraction of sp³-hybridized carbons (Fsp3) is 0.125. The third-order valence-corrected chi connectivity index (χ3v) is 4.74. The Labute approximate surface area is 158 Å². The number of aryl methyl sites for hydroxylation is 1. The van der Waals surface area contributed by atoms with Gasteiger partial charge in [-0.25, -0.2) is 4.79 Å². The fourth-order valence-corrected chi connectivity index (χ4v) is 3.35. The molecule has 0 aliphatic carbocycles. The number of furan rings is 1. The summed E-state index contributed by atoms with van der Waals surface area (Å²) in [6.07, 6.45) is 0.893. The zero-order valence-electron chi connectivity index (χ0n) is 15.4. The predicted molar refractivity (Wildman–Crippen MR) is 107 cm³/mol. The molecule has 134 valence electrons. The number of fused-ring (bicyclic) bond motifs is 1. The number of methoxy groups -OCH3 is 1. The predicted octanol–water partition coefficient (Wildman–Crippen LogP) is 5.79. The average Bonchev–Trinajstić information content (AvgIpc) is 3.11. The maximum Gasteiger partial charge on any atom is 0.337 e. The first-order chi connectivity index (χ1) is 13.1. The standard InChI is InChI=1S/C24H20O3/c1-16-12-19(24(25)26-2)9-10-21(16)23-15-20-14-18(8-11-22(20)27-23)13-17-6-4-3-5-7-17/h3-12,14-15H,13H2,1-2H3. The number of esters is 1. The third kappa shape index (κ3) is 3.49. The van der Waals surface area contributed by atoms with E-state index in [1.54, 1.807) is 6.07 Å². The topological polar surface area (TPSA) is 39.4 Å². The van der Waals surface area contributed by atoms with Crippen LogP contribution in [0.4, 0.5) is 0 Å². The van der Waals surface area contributed by atoms with Gasteiger partial charge in [0, 0.05) is 10.9 Å². The molecule has 0 fully saturated rings. The van der Waals surface area contributed by atoms with Crippen molar-refractivity contribution in [3.05, 3.63) is 95.1 Å². The summed E-state index contributed by atoms with van der Waals surface area (Å²) < 4.78 is 10.8. The molecule has 0 aliphatic rings. The minimum atomic E-state index is -0.334. The van der Waals surface area contributed by atoms with Crippen LogP contribution in [0.2, 0.25) is 0 Å². The van der Waals surface area contributed by atoms with E-state index >= 15 is 0 Å². The van der Waals surface area contributed by atoms with Crippen molar-refractivity contribution in [2.75, 3.05) is 7.11 Å². The minimum absolute atomic E-state index is 0.334. The van der Waals surface area contributed by atoms with Crippen molar-refractivity contribution in [1.29, 1.82) is 0 Å². The van der Waals surface area contributed by atoms with Gasteiger partial charge in [0.05, 0.1) is 12.7 Å². The Morgan fingerprint density at radius 3 is 2.48 bits per heavy atom. The molecule has 0 saturated carbocycles. The summed E-state index contributed by atoms with van der Waals surface area (Å²) in [7, 11) is 1.39. The van der Waals surface area contributed by atoms with Gasteiger partial charge < -0.3 is 9.15 Å². The number of ether oxygens (including phenoxy) is 1. The maximum absolute atomic E-state index is 11.7. The van der Waals surface area contributed by atoms with Gasteiger partial charge in [-0.1, -0.05) is 42.5 Å². The van der Waals surface area contributed by atoms with Crippen LogP contribution in [0.1, 0.15) is 27.0 Å². The summed E-state index contributed by atoms with van der Waals surface area (Å²) in [5, 5.41) is 1.08. The van der Waals surface area contributed by atoms with Crippen LogP contribution in [0.3, 0.4) is 0 Å². The molecule has 0 radical (unpaired) electrons. The number of hydrogen-bond donors (Lipinski definition) is 0. The van der Waals surface area contributed by atoms with E-state index in [-0.39, 0.29) is 5.97 Å². The van der Waals surface area contributed by atoms with E-state index in [1.165, 1.54) is 18.2 Å². The SMILES string of the molecule is COC(=O)c1ccc(-c2cc3cc(Cc4ccccc4)ccc3o2)c(C)c1. The lowest BCUT2D eigenvalue weighted by atomic mass is 10.0. The number of rotatable bonds is 4. The molecule has 1 heterocycles. The molecule has 3 nitrogen and oxygen atoms in total. The van der Waals surface area contributed by atoms with Crippen molar-refractivity contribution in [2.24, 2.45) is 0 Å². The molecule has 0 N–H and O–H groups in total. The van der Waals surface area contributed by atoms with Gasteiger partial charge in [0.25, 0.3) is 0 Å². The zero-order valence-corrected chi connectivity index (χ0v) is 15.4. The molecule has 3 heteroatoms. The normalized spacial score (nSPS) is 10.9. The highest BCUT2D eigenvalue weighted by Crippen LogP contribution is 2.31. The molecule has 3 aromatic carbocycles. The van der Waals surface area contributed by atoms with Crippen LogP contribution in [0.25, 0.3) is 22.3 Å². The lowest BCUT2D eigenvalue weighted by Crippen LogP contribution is -2.01. The Bertz CT molecular complexity index is 1110. The van der Waals surface area contributed by atoms with E-state index in [0.717, 1.165) is 34.3 Å². The fourth-order valence-electron chi connectivity index (χ4n) is 3.35. The Balaban J connectivity index is 1.66. The van der Waals surface area contributed by atoms with Gasteiger partial charge in [-0.15, -0.1) is 0 Å². The molecule has 4 aromatic rings. The van der Waals surface area contributed by atoms with Crippen LogP contribution in [-0.4, -0.2) is 13.1 Å². The third-order valence-electron chi connectivity index (χ3n) is 4.74. The Kier molecular flexibility index (Phi) is 4.51. The molecule has 4 rings (SSSR count). The van der Waals surface area contributed by atoms with E-state index in [2.05, 4.69) is 42.5 Å². The largest absolute Gasteiger partial charge is 0.465 e. The molecular weight excluding hydrogens is 336 g/mol. The number of hydrogen-bond acceptors (Lipinski definition) is 3. The van der Waals surface area contributed by atoms with Crippen LogP contribution in [-0.2, 0) is 11.2 Å². The molecule has 27 heavy (non-hydrogen) atoms. The van der Waals surface area contributed by atoms with Crippen LogP contribution in [0.5, 0.6) is 0 Å². The number of carbonyl (C=O) groups excluding carboxylic acids is 1. The molecular formula is C24H20O3. The van der Waals surface area contributed by atoms with Crippen LogP contribution in [0.15, 0.2) is 77.2 Å². The maximum atomic E-state index is 11.7. The second-order valence-electron chi connectivity index (χ2n) is 6.67. The molecule has 0 atom stereocenters. The van der Waals surface area contributed by atoms with E-state index in [0.29, 0.717) is 5.56 Å². The first-order valence-corrected chi connectivity index (χ1v) is 8.90. The highest BCUT2D eigenvalue weighted by atomic mass is 16.5. The van der Waals surface area contributed by atoms with E-state index in [1.807, 2.05) is 31.2 Å². The molecule has 0 amide bonds. The second-order valence-corrected chi connectivity index (χ2v) is 6.67. The molecule has 0 spiro atoms. The van der Waals surface area contributed by atoms with Gasteiger partial charge in [-0.2, -0.15) is 0 Å². The van der Waals surface area contributed by atoms with Crippen molar-refractivity contribution in [1.82, 2.24) is 0 Å². The van der Waals surface area contributed by atoms with Crippen LogP contribution < -0.4 is 0 Å². The smallest absolute Gasteiger partial charge is 0.337 e. The summed E-state index contributed by atoms with van der Waals surface area (Å²) in [5.41, 5.74) is 5.89. The van der Waals surface area contributed by atoms with Crippen LogP contribution >= 0.6 is 0 Å². The van der Waals surface area contributed by atoms with Gasteiger partial charge in [0.2, 0.25) is 0 Å².